The van der Waals surface area contributed by atoms with Crippen LogP contribution in [0.5, 0.6) is 0 Å². The Bertz CT molecular complexity index is 963. The number of thiazole rings is 1. The minimum absolute atomic E-state index is 0.427. The van der Waals surface area contributed by atoms with E-state index in [1.54, 1.807) is 35.8 Å². The predicted octanol–water partition coefficient (Wildman–Crippen LogP) is 2.92. The number of nitrogens with zero attached hydrogens (tertiary/aromatic N) is 2. The van der Waals surface area contributed by atoms with Crippen LogP contribution >= 0.6 is 11.3 Å². The molecule has 0 fully saturated rings. The number of benzene rings is 2. The lowest BCUT2D eigenvalue weighted by Gasteiger charge is -2.30. The lowest BCUT2D eigenvalue weighted by Crippen LogP contribution is -2.50. The van der Waals surface area contributed by atoms with Crippen LogP contribution in [0.15, 0.2) is 48.0 Å². The first-order valence-electron chi connectivity index (χ1n) is 7.68. The summed E-state index contributed by atoms with van der Waals surface area (Å²) in [4.78, 5) is 43.2. The van der Waals surface area contributed by atoms with Gasteiger partial charge in [-0.3, -0.25) is 19.3 Å². The van der Waals surface area contributed by atoms with Gasteiger partial charge >= 0.3 is 0 Å². The van der Waals surface area contributed by atoms with E-state index in [1.807, 2.05) is 12.1 Å². The molecule has 0 saturated heterocycles. The van der Waals surface area contributed by atoms with Crippen LogP contribution in [0, 0.1) is 0 Å². The van der Waals surface area contributed by atoms with Crippen LogP contribution in [-0.4, -0.2) is 33.6 Å². The fourth-order valence-corrected chi connectivity index (χ4v) is 3.55. The van der Waals surface area contributed by atoms with E-state index in [9.17, 15) is 14.4 Å². The minimum atomic E-state index is -0.951. The van der Waals surface area contributed by atoms with Crippen LogP contribution < -0.4 is 5.32 Å². The third-order valence-corrected chi connectivity index (χ3v) is 4.92. The number of hydrogen-bond acceptors (Lipinski definition) is 5. The number of nitrogens with one attached hydrogen (secondary N) is 1. The number of carbonyl (C=O) groups excluding carboxylic acids is 3. The molecule has 1 atom stereocenters. The van der Waals surface area contributed by atoms with Crippen LogP contribution in [0.25, 0.3) is 10.8 Å². The van der Waals surface area contributed by atoms with E-state index in [4.69, 9.17) is 0 Å². The van der Waals surface area contributed by atoms with Gasteiger partial charge in [-0.05, 0) is 24.4 Å². The number of carbonyl (C=O) groups is 3. The first-order chi connectivity index (χ1) is 12.1. The highest BCUT2D eigenvalue weighted by Gasteiger charge is 2.38. The lowest BCUT2D eigenvalue weighted by molar-refractivity contribution is -0.119. The molecule has 1 aliphatic rings. The van der Waals surface area contributed by atoms with Crippen molar-refractivity contribution in [2.24, 2.45) is 0 Å². The molecule has 6 nitrogen and oxygen atoms in total. The van der Waals surface area contributed by atoms with Crippen LogP contribution in [0.1, 0.15) is 27.6 Å². The highest BCUT2D eigenvalue weighted by molar-refractivity contribution is 7.13. The summed E-state index contributed by atoms with van der Waals surface area (Å²) in [5, 5.41) is 6.26. The van der Waals surface area contributed by atoms with E-state index >= 15 is 0 Å². The highest BCUT2D eigenvalue weighted by Crippen LogP contribution is 2.31. The number of rotatable bonds is 3. The van der Waals surface area contributed by atoms with E-state index in [1.165, 1.54) is 18.3 Å². The Morgan fingerprint density at radius 3 is 2.32 bits per heavy atom. The van der Waals surface area contributed by atoms with Crippen LogP contribution in [0.2, 0.25) is 0 Å². The van der Waals surface area contributed by atoms with Gasteiger partial charge in [0, 0.05) is 28.1 Å². The maximum Gasteiger partial charge on any atom is 0.262 e. The van der Waals surface area contributed by atoms with Crippen molar-refractivity contribution in [2.45, 2.75) is 13.0 Å². The molecule has 1 aromatic heterocycles. The Labute approximate surface area is 147 Å². The van der Waals surface area contributed by atoms with E-state index in [0.29, 0.717) is 21.6 Å². The molecule has 2 heterocycles. The van der Waals surface area contributed by atoms with Crippen molar-refractivity contribution in [1.82, 2.24) is 9.88 Å². The van der Waals surface area contributed by atoms with Crippen molar-refractivity contribution in [1.29, 1.82) is 0 Å². The van der Waals surface area contributed by atoms with E-state index in [0.717, 1.165) is 10.3 Å². The molecule has 1 unspecified atom stereocenters. The van der Waals surface area contributed by atoms with E-state index in [-0.39, 0.29) is 0 Å². The fourth-order valence-electron chi connectivity index (χ4n) is 3.01. The summed E-state index contributed by atoms with van der Waals surface area (Å²) in [6.07, 6.45) is 1.57. The number of aromatic nitrogens is 1. The van der Waals surface area contributed by atoms with Crippen LogP contribution in [-0.2, 0) is 4.79 Å². The molecule has 2 aromatic carbocycles. The van der Waals surface area contributed by atoms with E-state index in [2.05, 4.69) is 10.3 Å². The average Bonchev–Trinajstić information content (AvgIpc) is 3.12. The van der Waals surface area contributed by atoms with Gasteiger partial charge in [-0.2, -0.15) is 0 Å². The Hall–Kier alpha value is -3.06. The third-order valence-electron chi connectivity index (χ3n) is 4.23. The molecule has 7 heteroatoms. The van der Waals surface area contributed by atoms with Crippen molar-refractivity contribution in [3.63, 3.8) is 0 Å². The molecule has 1 N–H and O–H groups in total. The molecule has 124 valence electrons. The Kier molecular flexibility index (Phi) is 3.58. The zero-order valence-electron chi connectivity index (χ0n) is 13.2. The monoisotopic (exact) mass is 351 g/mol. The van der Waals surface area contributed by atoms with Crippen LogP contribution in [0.4, 0.5) is 5.13 Å². The molecule has 0 aliphatic carbocycles. The van der Waals surface area contributed by atoms with E-state index < -0.39 is 23.8 Å². The number of anilines is 1. The Morgan fingerprint density at radius 1 is 1.12 bits per heavy atom. The zero-order chi connectivity index (χ0) is 17.6. The molecule has 4 rings (SSSR count). The van der Waals surface area contributed by atoms with Crippen LogP contribution in [0.3, 0.4) is 0 Å². The lowest BCUT2D eigenvalue weighted by atomic mass is 9.93. The molecular weight excluding hydrogens is 338 g/mol. The van der Waals surface area contributed by atoms with Crippen molar-refractivity contribution in [2.75, 3.05) is 5.32 Å². The smallest absolute Gasteiger partial charge is 0.262 e. The second-order valence-electron chi connectivity index (χ2n) is 5.69. The summed E-state index contributed by atoms with van der Waals surface area (Å²) >= 11 is 1.27. The Morgan fingerprint density at radius 2 is 1.76 bits per heavy atom. The molecule has 0 bridgehead atoms. The van der Waals surface area contributed by atoms with Gasteiger partial charge in [0.2, 0.25) is 5.91 Å². The summed E-state index contributed by atoms with van der Waals surface area (Å²) in [7, 11) is 0. The third kappa shape index (κ3) is 2.40. The summed E-state index contributed by atoms with van der Waals surface area (Å²) in [6, 6.07) is 9.67. The first-order valence-corrected chi connectivity index (χ1v) is 8.56. The minimum Gasteiger partial charge on any atom is -0.300 e. The van der Waals surface area contributed by atoms with Gasteiger partial charge in [0.15, 0.2) is 5.13 Å². The average molecular weight is 351 g/mol. The summed E-state index contributed by atoms with van der Waals surface area (Å²) in [6.45, 7) is 1.53. The van der Waals surface area contributed by atoms with Gasteiger partial charge < -0.3 is 5.32 Å². The molecule has 0 saturated carbocycles. The molecule has 3 amide bonds. The number of amides is 3. The van der Waals surface area contributed by atoms with Crippen molar-refractivity contribution >= 4 is 45.0 Å². The normalized spacial score (nSPS) is 14.7. The molecule has 3 aromatic rings. The molecule has 0 radical (unpaired) electrons. The Balaban J connectivity index is 1.73. The topological polar surface area (TPSA) is 79.4 Å². The summed E-state index contributed by atoms with van der Waals surface area (Å²) < 4.78 is 0. The summed E-state index contributed by atoms with van der Waals surface area (Å²) in [5.74, 6) is -1.38. The predicted molar refractivity (Wildman–Crippen MR) is 94.7 cm³/mol. The largest absolute Gasteiger partial charge is 0.300 e. The number of hydrogen-bond donors (Lipinski definition) is 1. The maximum atomic E-state index is 12.9. The molecule has 1 aliphatic heterocycles. The molecular formula is C18H13N3O3S. The van der Waals surface area contributed by atoms with Gasteiger partial charge in [-0.1, -0.05) is 24.3 Å². The quantitative estimate of drug-likeness (QED) is 0.736. The first kappa shape index (κ1) is 15.5. The van der Waals surface area contributed by atoms with Crippen molar-refractivity contribution < 1.29 is 14.4 Å². The van der Waals surface area contributed by atoms with Gasteiger partial charge in [-0.15, -0.1) is 11.3 Å². The van der Waals surface area contributed by atoms with Gasteiger partial charge in [0.1, 0.15) is 6.04 Å². The van der Waals surface area contributed by atoms with Crippen molar-refractivity contribution in [3.8, 4) is 0 Å². The summed E-state index contributed by atoms with van der Waals surface area (Å²) in [5.41, 5.74) is 0.864. The second kappa shape index (κ2) is 5.78. The molecule has 25 heavy (non-hydrogen) atoms. The SMILES string of the molecule is CC(C(=O)Nc1nccs1)N1C(=O)c2cccc3cccc(c23)C1=O. The second-order valence-corrected chi connectivity index (χ2v) is 6.59. The van der Waals surface area contributed by atoms with Gasteiger partial charge in [-0.25, -0.2) is 4.98 Å². The van der Waals surface area contributed by atoms with Gasteiger partial charge in [0.25, 0.3) is 11.8 Å². The number of imide groups is 1. The van der Waals surface area contributed by atoms with Crippen molar-refractivity contribution in [3.05, 3.63) is 59.1 Å². The zero-order valence-corrected chi connectivity index (χ0v) is 14.0. The molecule has 0 spiro atoms. The highest BCUT2D eigenvalue weighted by atomic mass is 32.1. The van der Waals surface area contributed by atoms with Gasteiger partial charge in [0.05, 0.1) is 0 Å². The maximum absolute atomic E-state index is 12.9. The standard InChI is InChI=1S/C18H13N3O3S/c1-10(15(22)20-18-19-8-9-25-18)21-16(23)12-6-2-4-11-5-3-7-13(14(11)12)17(21)24/h2-10H,1H3,(H,19,20,22). The fraction of sp³-hybridized carbons (Fsp3) is 0.111.